The van der Waals surface area contributed by atoms with Crippen LogP contribution in [0.4, 0.5) is 32.1 Å². The van der Waals surface area contributed by atoms with Crippen LogP contribution >= 0.6 is 0 Å². The number of sulfone groups is 1. The molecule has 5 rings (SSSR count). The lowest BCUT2D eigenvalue weighted by Gasteiger charge is -2.22. The van der Waals surface area contributed by atoms with Gasteiger partial charge in [0, 0.05) is 36.3 Å². The van der Waals surface area contributed by atoms with Crippen LogP contribution in [0.3, 0.4) is 0 Å². The Kier molecular flexibility index (Phi) is 5.97. The predicted molar refractivity (Wildman–Crippen MR) is 135 cm³/mol. The minimum atomic E-state index is -3.81. The van der Waals surface area contributed by atoms with Crippen molar-refractivity contribution < 1.29 is 17.2 Å². The Balaban J connectivity index is 1.70. The van der Waals surface area contributed by atoms with Crippen LogP contribution in [0.5, 0.6) is 0 Å². The van der Waals surface area contributed by atoms with E-state index in [0.29, 0.717) is 28.8 Å². The predicted octanol–water partition coefficient (Wildman–Crippen LogP) is 4.59. The zero-order chi connectivity index (χ0) is 26.6. The monoisotopic (exact) mass is 528 g/mol. The van der Waals surface area contributed by atoms with Crippen LogP contribution < -0.4 is 10.2 Å². The number of hydrogen-bond donors (Lipinski definition) is 3. The van der Waals surface area contributed by atoms with E-state index in [0.717, 1.165) is 53.1 Å². The first-order valence-electron chi connectivity index (χ1n) is 11.6. The summed E-state index contributed by atoms with van der Waals surface area (Å²) < 4.78 is 53.9. The summed E-state index contributed by atoms with van der Waals surface area (Å²) in [5.41, 5.74) is 3.17. The van der Waals surface area contributed by atoms with Crippen LogP contribution in [-0.2, 0) is 9.84 Å². The van der Waals surface area contributed by atoms with Gasteiger partial charge in [0.2, 0.25) is 5.95 Å². The molecule has 1 fully saturated rings. The summed E-state index contributed by atoms with van der Waals surface area (Å²) in [6, 6.07) is 3.39. The van der Waals surface area contributed by atoms with Gasteiger partial charge >= 0.3 is 0 Å². The van der Waals surface area contributed by atoms with Gasteiger partial charge in [-0.15, -0.1) is 0 Å². The quantitative estimate of drug-likeness (QED) is 0.317. The molecule has 10 nitrogen and oxygen atoms in total. The number of halogens is 2. The van der Waals surface area contributed by atoms with Gasteiger partial charge in [0.1, 0.15) is 28.7 Å². The van der Waals surface area contributed by atoms with Crippen molar-refractivity contribution in [3.8, 4) is 11.4 Å². The molecule has 13 heteroatoms. The second-order valence-corrected chi connectivity index (χ2v) is 11.3. The van der Waals surface area contributed by atoms with E-state index in [9.17, 15) is 8.42 Å². The van der Waals surface area contributed by atoms with Crippen LogP contribution in [0.2, 0.25) is 0 Å². The highest BCUT2D eigenvalue weighted by Gasteiger charge is 2.34. The lowest BCUT2D eigenvalue weighted by molar-refractivity contribution is 0.569. The SMILES string of the molecule is Cc1cc(Nc2nc(N(C)c3c(F)cc(S(C)(=O)=O)cc3F)nc(-c3nc(C)[nH]c3C)c2C2CC2)n[nH]1. The summed E-state index contributed by atoms with van der Waals surface area (Å²) in [7, 11) is -2.39. The molecule has 0 unspecified atom stereocenters. The molecule has 3 N–H and O–H groups in total. The molecule has 0 saturated heterocycles. The zero-order valence-corrected chi connectivity index (χ0v) is 21.8. The molecule has 0 bridgehead atoms. The molecule has 1 aliphatic carbocycles. The van der Waals surface area contributed by atoms with E-state index in [1.54, 1.807) is 0 Å². The maximum atomic E-state index is 15.1. The first-order chi connectivity index (χ1) is 17.4. The average Bonchev–Trinajstić information content (AvgIpc) is 3.47. The Labute approximate surface area is 212 Å². The molecular formula is C24H26F2N8O2S. The normalized spacial score (nSPS) is 13.7. The van der Waals surface area contributed by atoms with Gasteiger partial charge in [-0.2, -0.15) is 10.1 Å². The number of imidazole rings is 1. The Morgan fingerprint density at radius 2 is 1.70 bits per heavy atom. The van der Waals surface area contributed by atoms with Crippen LogP contribution in [-0.4, -0.2) is 51.9 Å². The summed E-state index contributed by atoms with van der Waals surface area (Å²) in [6.45, 7) is 5.58. The fourth-order valence-electron chi connectivity index (χ4n) is 4.26. The van der Waals surface area contributed by atoms with Crippen molar-refractivity contribution in [2.75, 3.05) is 23.5 Å². The largest absolute Gasteiger partial charge is 0.346 e. The number of hydrogen-bond acceptors (Lipinski definition) is 8. The minimum absolute atomic E-state index is 0.000818. The van der Waals surface area contributed by atoms with E-state index < -0.39 is 32.1 Å². The van der Waals surface area contributed by atoms with Gasteiger partial charge in [0.15, 0.2) is 27.3 Å². The Hall–Kier alpha value is -3.87. The highest BCUT2D eigenvalue weighted by Crippen LogP contribution is 2.48. The van der Waals surface area contributed by atoms with Crippen LogP contribution in [0.1, 0.15) is 41.5 Å². The average molecular weight is 529 g/mol. The van der Waals surface area contributed by atoms with Gasteiger partial charge in [0.05, 0.1) is 4.90 Å². The number of H-pyrrole nitrogens is 2. The van der Waals surface area contributed by atoms with Crippen LogP contribution in [0.25, 0.3) is 11.4 Å². The third-order valence-corrected chi connectivity index (χ3v) is 7.25. The zero-order valence-electron chi connectivity index (χ0n) is 20.9. The first kappa shape index (κ1) is 24.8. The van der Waals surface area contributed by atoms with Gasteiger partial charge < -0.3 is 15.2 Å². The summed E-state index contributed by atoms with van der Waals surface area (Å²) in [4.78, 5) is 17.9. The van der Waals surface area contributed by atoms with Crippen LogP contribution in [0.15, 0.2) is 23.1 Å². The number of anilines is 4. The molecule has 194 valence electrons. The van der Waals surface area contributed by atoms with Crippen LogP contribution in [0, 0.1) is 32.4 Å². The van der Waals surface area contributed by atoms with Gasteiger partial charge in [0.25, 0.3) is 0 Å². The van der Waals surface area contributed by atoms with E-state index in [4.69, 9.17) is 4.98 Å². The minimum Gasteiger partial charge on any atom is -0.346 e. The molecule has 3 heterocycles. The molecule has 0 spiro atoms. The van der Waals surface area contributed by atoms with E-state index in [1.807, 2.05) is 26.8 Å². The number of benzene rings is 1. The fraction of sp³-hybridized carbons (Fsp3) is 0.333. The lowest BCUT2D eigenvalue weighted by Crippen LogP contribution is -2.19. The number of aromatic amines is 2. The molecule has 0 radical (unpaired) electrons. The highest BCUT2D eigenvalue weighted by molar-refractivity contribution is 7.90. The molecule has 4 aromatic rings. The molecule has 3 aromatic heterocycles. The van der Waals surface area contributed by atoms with Crippen molar-refractivity contribution in [3.05, 3.63) is 52.6 Å². The summed E-state index contributed by atoms with van der Waals surface area (Å²) in [5, 5.41) is 10.3. The maximum absolute atomic E-state index is 15.1. The number of aromatic nitrogens is 6. The number of rotatable bonds is 7. The Morgan fingerprint density at radius 3 is 2.22 bits per heavy atom. The van der Waals surface area contributed by atoms with Gasteiger partial charge in [-0.05, 0) is 51.7 Å². The van der Waals surface area contributed by atoms with Crippen molar-refractivity contribution in [2.45, 2.75) is 44.4 Å². The molecule has 0 atom stereocenters. The Bertz CT molecular complexity index is 1600. The fourth-order valence-corrected chi connectivity index (χ4v) is 4.90. The second-order valence-electron chi connectivity index (χ2n) is 9.33. The molecule has 37 heavy (non-hydrogen) atoms. The first-order valence-corrected chi connectivity index (χ1v) is 13.5. The summed E-state index contributed by atoms with van der Waals surface area (Å²) in [5.74, 6) is -0.229. The Morgan fingerprint density at radius 1 is 1.03 bits per heavy atom. The van der Waals surface area contributed by atoms with Gasteiger partial charge in [-0.1, -0.05) is 0 Å². The van der Waals surface area contributed by atoms with Gasteiger partial charge in [-0.3, -0.25) is 5.10 Å². The van der Waals surface area contributed by atoms with Crippen molar-refractivity contribution >= 4 is 33.1 Å². The van der Waals surface area contributed by atoms with E-state index >= 15 is 8.78 Å². The van der Waals surface area contributed by atoms with Crippen molar-refractivity contribution in [3.63, 3.8) is 0 Å². The smallest absolute Gasteiger partial charge is 0.232 e. The van der Waals surface area contributed by atoms with Gasteiger partial charge in [-0.25, -0.2) is 27.2 Å². The summed E-state index contributed by atoms with van der Waals surface area (Å²) in [6.07, 6.45) is 2.77. The topological polar surface area (TPSA) is 133 Å². The van der Waals surface area contributed by atoms with E-state index in [-0.39, 0.29) is 11.9 Å². The van der Waals surface area contributed by atoms with E-state index in [1.165, 1.54) is 7.05 Å². The molecule has 0 amide bonds. The van der Waals surface area contributed by atoms with Crippen molar-refractivity contribution in [2.24, 2.45) is 0 Å². The second kappa shape index (κ2) is 8.91. The molecule has 1 aromatic carbocycles. The third kappa shape index (κ3) is 4.78. The molecule has 0 aliphatic heterocycles. The molecular weight excluding hydrogens is 502 g/mol. The number of nitrogens with one attached hydrogen (secondary N) is 3. The number of aryl methyl sites for hydroxylation is 3. The van der Waals surface area contributed by atoms with Crippen molar-refractivity contribution in [1.82, 2.24) is 30.1 Å². The number of nitrogens with zero attached hydrogens (tertiary/aromatic N) is 5. The standard InChI is InChI=1S/C24H26F2N8O2S/c1-11-8-18(33-32-11)29-23-19(14-6-7-14)21(20-12(2)27-13(3)28-20)30-24(31-23)34(4)22-16(25)9-15(10-17(22)26)37(5,35)36/h8-10,14H,6-7H2,1-5H3,(H,27,28)(H2,29,30,31,32,33). The third-order valence-electron chi connectivity index (χ3n) is 6.15. The molecule has 1 saturated carbocycles. The lowest BCUT2D eigenvalue weighted by atomic mass is 10.1. The van der Waals surface area contributed by atoms with E-state index in [2.05, 4.69) is 30.5 Å². The summed E-state index contributed by atoms with van der Waals surface area (Å²) >= 11 is 0. The highest BCUT2D eigenvalue weighted by atomic mass is 32.2. The maximum Gasteiger partial charge on any atom is 0.232 e. The van der Waals surface area contributed by atoms with Crippen molar-refractivity contribution in [1.29, 1.82) is 0 Å². The molecule has 1 aliphatic rings.